The average molecular weight is 639 g/mol. The van der Waals surface area contributed by atoms with Crippen LogP contribution in [0.25, 0.3) is 0 Å². The van der Waals surface area contributed by atoms with E-state index in [1.807, 2.05) is 54.3 Å². The summed E-state index contributed by atoms with van der Waals surface area (Å²) in [6, 6.07) is 22.3. The predicted molar refractivity (Wildman–Crippen MR) is 178 cm³/mol. The number of hydrogen-bond acceptors (Lipinski definition) is 9. The summed E-state index contributed by atoms with van der Waals surface area (Å²) in [5.74, 6) is 1.31. The molecular formula is C34H34N6O5S. The Morgan fingerprint density at radius 1 is 0.978 bits per heavy atom. The van der Waals surface area contributed by atoms with Gasteiger partial charge in [0.15, 0.2) is 16.7 Å². The number of piperazine rings is 1. The zero-order valence-corrected chi connectivity index (χ0v) is 26.2. The van der Waals surface area contributed by atoms with E-state index in [1.54, 1.807) is 18.2 Å². The number of ether oxygens (including phenoxy) is 2. The van der Waals surface area contributed by atoms with Gasteiger partial charge in [0.25, 0.3) is 5.91 Å². The maximum atomic E-state index is 13.8. The number of rotatable bonds is 8. The molecule has 4 aliphatic rings. The lowest BCUT2D eigenvalue weighted by Crippen LogP contribution is -2.49. The van der Waals surface area contributed by atoms with Crippen LogP contribution in [0.2, 0.25) is 0 Å². The first-order chi connectivity index (χ1) is 22.5. The van der Waals surface area contributed by atoms with Crippen molar-refractivity contribution in [1.29, 1.82) is 0 Å². The van der Waals surface area contributed by atoms with E-state index in [9.17, 15) is 14.4 Å². The number of benzene rings is 3. The van der Waals surface area contributed by atoms with Crippen LogP contribution in [0.1, 0.15) is 31.7 Å². The molecule has 2 atom stereocenters. The molecule has 3 aromatic rings. The molecule has 0 spiro atoms. The number of hydrogen-bond donors (Lipinski definition) is 1. The highest BCUT2D eigenvalue weighted by Gasteiger charge is 2.42. The first kappa shape index (κ1) is 29.8. The predicted octanol–water partition coefficient (Wildman–Crippen LogP) is 4.65. The Hall–Kier alpha value is -4.84. The number of carbonyl (C=O) groups is 3. The third kappa shape index (κ3) is 5.92. The summed E-state index contributed by atoms with van der Waals surface area (Å²) < 4.78 is 10.8. The van der Waals surface area contributed by atoms with E-state index in [-0.39, 0.29) is 30.9 Å². The Bertz CT molecular complexity index is 1720. The van der Waals surface area contributed by atoms with Crippen molar-refractivity contribution >= 4 is 57.5 Å². The number of carbonyl (C=O) groups excluding carboxylic acids is 3. The number of amidine groups is 2. The minimum absolute atomic E-state index is 0.0282. The van der Waals surface area contributed by atoms with E-state index in [0.717, 1.165) is 24.3 Å². The zero-order valence-electron chi connectivity index (χ0n) is 25.4. The Kier molecular flexibility index (Phi) is 8.35. The summed E-state index contributed by atoms with van der Waals surface area (Å²) >= 11 is 1.24. The lowest BCUT2D eigenvalue weighted by molar-refractivity contribution is -0.132. The van der Waals surface area contributed by atoms with Gasteiger partial charge < -0.3 is 24.6 Å². The second-order valence-electron chi connectivity index (χ2n) is 11.4. The molecule has 0 bridgehead atoms. The number of thioether (sulfide) groups is 1. The molecule has 0 saturated carbocycles. The number of nitrogens with one attached hydrogen (secondary N) is 1. The molecule has 3 amide bonds. The van der Waals surface area contributed by atoms with Gasteiger partial charge in [-0.05, 0) is 49.2 Å². The van der Waals surface area contributed by atoms with Crippen LogP contribution >= 0.6 is 11.8 Å². The van der Waals surface area contributed by atoms with Crippen LogP contribution in [0.5, 0.6) is 11.5 Å². The Labute approximate surface area is 271 Å². The van der Waals surface area contributed by atoms with Gasteiger partial charge in [-0.15, -0.1) is 0 Å². The van der Waals surface area contributed by atoms with E-state index < -0.39 is 11.3 Å². The van der Waals surface area contributed by atoms with E-state index in [0.29, 0.717) is 59.8 Å². The molecule has 4 aliphatic heterocycles. The fourth-order valence-corrected chi connectivity index (χ4v) is 7.01. The molecule has 236 valence electrons. The minimum atomic E-state index is -0.705. The van der Waals surface area contributed by atoms with E-state index in [1.165, 1.54) is 16.7 Å². The van der Waals surface area contributed by atoms with Crippen LogP contribution in [-0.4, -0.2) is 82.8 Å². The monoisotopic (exact) mass is 638 g/mol. The van der Waals surface area contributed by atoms with Gasteiger partial charge in [-0.3, -0.25) is 19.4 Å². The summed E-state index contributed by atoms with van der Waals surface area (Å²) in [5, 5.41) is 2.83. The first-order valence-corrected chi connectivity index (χ1v) is 16.4. The summed E-state index contributed by atoms with van der Waals surface area (Å²) in [5.41, 5.74) is 3.19. The molecule has 1 saturated heterocycles. The fourth-order valence-electron chi connectivity index (χ4n) is 5.99. The van der Waals surface area contributed by atoms with Crippen molar-refractivity contribution in [3.8, 4) is 11.5 Å². The molecule has 12 heteroatoms. The molecular weight excluding hydrogens is 604 g/mol. The molecule has 1 fully saturated rings. The van der Waals surface area contributed by atoms with Gasteiger partial charge in [0.2, 0.25) is 18.6 Å². The maximum absolute atomic E-state index is 13.8. The van der Waals surface area contributed by atoms with Crippen molar-refractivity contribution in [1.82, 2.24) is 9.80 Å². The van der Waals surface area contributed by atoms with Crippen molar-refractivity contribution in [2.75, 3.05) is 43.2 Å². The van der Waals surface area contributed by atoms with Crippen LogP contribution in [0.15, 0.2) is 82.8 Å². The van der Waals surface area contributed by atoms with Gasteiger partial charge in [0, 0.05) is 55.6 Å². The summed E-state index contributed by atoms with van der Waals surface area (Å²) in [4.78, 5) is 55.8. The van der Waals surface area contributed by atoms with Crippen LogP contribution in [0, 0.1) is 0 Å². The first-order valence-electron chi connectivity index (χ1n) is 15.5. The molecule has 0 aromatic heterocycles. The number of aliphatic imine (C=N–C) groups is 2. The van der Waals surface area contributed by atoms with Gasteiger partial charge in [0.05, 0.1) is 10.9 Å². The highest BCUT2D eigenvalue weighted by Crippen LogP contribution is 2.37. The van der Waals surface area contributed by atoms with E-state index >= 15 is 0 Å². The number of amides is 3. The molecule has 3 aromatic carbocycles. The summed E-state index contributed by atoms with van der Waals surface area (Å²) in [6.45, 7) is 4.88. The number of anilines is 2. The fraction of sp³-hybridized carbons (Fsp3) is 0.324. The van der Waals surface area contributed by atoms with Crippen molar-refractivity contribution in [3.05, 3.63) is 78.4 Å². The summed E-state index contributed by atoms with van der Waals surface area (Å²) in [6.07, 6.45) is 1.04. The number of fused-ring (bicyclic) bond motifs is 4. The van der Waals surface area contributed by atoms with E-state index in [4.69, 9.17) is 19.5 Å². The van der Waals surface area contributed by atoms with Crippen molar-refractivity contribution in [2.24, 2.45) is 9.98 Å². The summed E-state index contributed by atoms with van der Waals surface area (Å²) in [7, 11) is 0. The Morgan fingerprint density at radius 2 is 1.74 bits per heavy atom. The highest BCUT2D eigenvalue weighted by atomic mass is 32.2. The molecule has 1 N–H and O–H groups in total. The molecule has 0 radical (unpaired) electrons. The molecule has 46 heavy (non-hydrogen) atoms. The topological polar surface area (TPSA) is 116 Å². The lowest BCUT2D eigenvalue weighted by atomic mass is 10.1. The van der Waals surface area contributed by atoms with E-state index in [2.05, 4.69) is 22.3 Å². The third-order valence-electron chi connectivity index (χ3n) is 8.48. The Morgan fingerprint density at radius 3 is 2.54 bits per heavy atom. The average Bonchev–Trinajstić information content (AvgIpc) is 3.70. The van der Waals surface area contributed by atoms with Gasteiger partial charge >= 0.3 is 0 Å². The molecule has 4 heterocycles. The molecule has 0 unspecified atom stereocenters. The zero-order chi connectivity index (χ0) is 31.6. The second kappa shape index (κ2) is 12.9. The SMILES string of the molecule is CC[C@@H](SC1=Nc2ccccc2C2=N[C@@H](CCC(=O)N3CCN(c4ccccc4)CC3)C(=O)N12)C(=O)Nc1ccc2c(c1)OCO2. The molecule has 0 aliphatic carbocycles. The smallest absolute Gasteiger partial charge is 0.259 e. The van der Waals surface area contributed by atoms with Crippen LogP contribution in [-0.2, 0) is 14.4 Å². The largest absolute Gasteiger partial charge is 0.454 e. The van der Waals surface area contributed by atoms with Crippen LogP contribution < -0.4 is 19.7 Å². The quantitative estimate of drug-likeness (QED) is 0.382. The van der Waals surface area contributed by atoms with Gasteiger partial charge in [0.1, 0.15) is 11.9 Å². The number of para-hydroxylation sites is 2. The standard InChI is InChI=1S/C34H34N6O5S/c1-2-29(32(42)35-22-12-14-27-28(20-22)45-21-44-27)46-34-37-25-11-7-6-10-24(25)31-36-26(33(43)40(31)34)13-15-30(41)39-18-16-38(17-19-39)23-8-4-3-5-9-23/h3-12,14,20,26,29H,2,13,15-19,21H2,1H3,(H,35,42)/t26-,29+/m0/s1. The van der Waals surface area contributed by atoms with Gasteiger partial charge in [-0.2, -0.15) is 0 Å². The second-order valence-corrected chi connectivity index (χ2v) is 12.5. The molecule has 7 rings (SSSR count). The van der Waals surface area contributed by atoms with Gasteiger partial charge in [-0.25, -0.2) is 9.89 Å². The highest BCUT2D eigenvalue weighted by molar-refractivity contribution is 8.15. The van der Waals surface area contributed by atoms with Crippen LogP contribution in [0.4, 0.5) is 17.1 Å². The minimum Gasteiger partial charge on any atom is -0.454 e. The van der Waals surface area contributed by atoms with Gasteiger partial charge in [-0.1, -0.05) is 49.0 Å². The normalized spacial score (nSPS) is 18.8. The lowest BCUT2D eigenvalue weighted by Gasteiger charge is -2.36. The van der Waals surface area contributed by atoms with Crippen molar-refractivity contribution in [3.63, 3.8) is 0 Å². The maximum Gasteiger partial charge on any atom is 0.259 e. The van der Waals surface area contributed by atoms with Crippen LogP contribution in [0.3, 0.4) is 0 Å². The Balaban J connectivity index is 1.02. The third-order valence-corrected chi connectivity index (χ3v) is 9.80. The van der Waals surface area contributed by atoms with Crippen molar-refractivity contribution < 1.29 is 23.9 Å². The molecule has 11 nitrogen and oxygen atoms in total. The number of nitrogens with zero attached hydrogens (tertiary/aromatic N) is 5. The van der Waals surface area contributed by atoms with Crippen molar-refractivity contribution in [2.45, 2.75) is 37.5 Å².